The quantitative estimate of drug-likeness (QED) is 0.107. The topological polar surface area (TPSA) is 230 Å². The van der Waals surface area contributed by atoms with Gasteiger partial charge in [0.2, 0.25) is 0 Å². The van der Waals surface area contributed by atoms with Gasteiger partial charge < -0.3 is 54.7 Å². The van der Waals surface area contributed by atoms with Crippen molar-refractivity contribution in [2.45, 2.75) is 128 Å². The lowest BCUT2D eigenvalue weighted by Crippen LogP contribution is -2.65. The molecule has 14 nitrogen and oxygen atoms in total. The maximum atomic E-state index is 13.3. The molecule has 2 saturated heterocycles. The molecule has 3 rings (SSSR count). The molecule has 1 aliphatic carbocycles. The number of hydrogen-bond donors (Lipinski definition) is 7. The van der Waals surface area contributed by atoms with Crippen LogP contribution in [0.15, 0.2) is 58.7 Å². The van der Waals surface area contributed by atoms with Gasteiger partial charge in [0.05, 0.1) is 13.0 Å². The third-order valence-electron chi connectivity index (χ3n) is 9.05. The third-order valence-corrected chi connectivity index (χ3v) is 9.05. The summed E-state index contributed by atoms with van der Waals surface area (Å²) in [7, 11) is 0. The number of Topliss-reactive ketones (excluding diaryl/α,β-unsaturated/α-hetero) is 2. The Kier molecular flexibility index (Phi) is 14.4. The van der Waals surface area contributed by atoms with Crippen molar-refractivity contribution in [3.63, 3.8) is 0 Å². The minimum atomic E-state index is -2.02. The van der Waals surface area contributed by atoms with Crippen molar-refractivity contribution >= 4 is 17.5 Å². The zero-order valence-corrected chi connectivity index (χ0v) is 28.6. The summed E-state index contributed by atoms with van der Waals surface area (Å²) < 4.78 is 21.5. The number of carbonyl (C=O) groups is 3. The number of rotatable bonds is 12. The lowest BCUT2D eigenvalue weighted by molar-refractivity contribution is -0.349. The van der Waals surface area contributed by atoms with E-state index in [9.17, 15) is 50.1 Å². The molecular formula is C35H50O14. The molecule has 0 amide bonds. The van der Waals surface area contributed by atoms with Crippen LogP contribution in [0.2, 0.25) is 0 Å². The van der Waals surface area contributed by atoms with E-state index in [0.29, 0.717) is 5.57 Å². The average Bonchev–Trinajstić information content (AvgIpc) is 3.05. The largest absolute Gasteiger partial charge is 0.454 e. The fourth-order valence-electron chi connectivity index (χ4n) is 5.89. The lowest BCUT2D eigenvalue weighted by Gasteiger charge is -2.45. The Bertz CT molecular complexity index is 1360. The van der Waals surface area contributed by atoms with Crippen molar-refractivity contribution < 1.29 is 69.1 Å². The highest BCUT2D eigenvalue weighted by Gasteiger charge is 2.52. The SMILES string of the molecule is C/C=C(C)/C=C/C=C(C)/C=C/C1=C(C)C(=O)C(OC(=O)CCC(=O)C2OC(O)C(O)C(O)C2OC2OC(CO)C(O)C(O)C2O)CC1(C)C. The summed E-state index contributed by atoms with van der Waals surface area (Å²) in [4.78, 5) is 39.4. The monoisotopic (exact) mass is 694 g/mol. The Hall–Kier alpha value is -2.89. The fraction of sp³-hybridized carbons (Fsp3) is 0.629. The van der Waals surface area contributed by atoms with Crippen LogP contribution in [-0.2, 0) is 33.3 Å². The molecule has 0 aromatic rings. The first kappa shape index (κ1) is 40.5. The maximum absolute atomic E-state index is 13.3. The van der Waals surface area contributed by atoms with Crippen LogP contribution in [0.4, 0.5) is 0 Å². The highest BCUT2D eigenvalue weighted by Crippen LogP contribution is 2.41. The normalized spacial score (nSPS) is 36.1. The highest BCUT2D eigenvalue weighted by atomic mass is 16.7. The van der Waals surface area contributed by atoms with Crippen LogP contribution >= 0.6 is 0 Å². The standard InChI is InChI=1S/C35H50O14/c1-7-17(2)9-8-10-18(3)11-12-20-19(4)25(39)22(15-35(20,5)6)46-24(38)14-13-21(37)31-32(28(42)29(43)33(45)48-31)49-34-30(44)27(41)26(40)23(16-36)47-34/h7-12,22-23,26-34,36,40-45H,13-16H2,1-6H3/b9-8+,12-11+,17-7+,18-10+. The number of aliphatic hydroxyl groups is 7. The Morgan fingerprint density at radius 3 is 2.22 bits per heavy atom. The third kappa shape index (κ3) is 9.88. The molecule has 14 heteroatoms. The van der Waals surface area contributed by atoms with Gasteiger partial charge in [-0.1, -0.05) is 61.4 Å². The fourth-order valence-corrected chi connectivity index (χ4v) is 5.89. The molecule has 274 valence electrons. The average molecular weight is 695 g/mol. The van der Waals surface area contributed by atoms with Gasteiger partial charge in [-0.2, -0.15) is 0 Å². The first-order valence-electron chi connectivity index (χ1n) is 16.2. The molecule has 11 unspecified atom stereocenters. The van der Waals surface area contributed by atoms with Crippen LogP contribution in [-0.4, -0.2) is 127 Å². The molecular weight excluding hydrogens is 644 g/mol. The lowest BCUT2D eigenvalue weighted by atomic mass is 9.71. The van der Waals surface area contributed by atoms with Crippen molar-refractivity contribution in [3.8, 4) is 0 Å². The first-order chi connectivity index (χ1) is 22.9. The maximum Gasteiger partial charge on any atom is 0.306 e. The number of ether oxygens (including phenoxy) is 4. The van der Waals surface area contributed by atoms with E-state index in [2.05, 4.69) is 0 Å². The second-order valence-electron chi connectivity index (χ2n) is 13.3. The summed E-state index contributed by atoms with van der Waals surface area (Å²) in [5.74, 6) is -2.10. The molecule has 3 aliphatic rings. The van der Waals surface area contributed by atoms with E-state index in [0.717, 1.165) is 16.7 Å². The highest BCUT2D eigenvalue weighted by molar-refractivity contribution is 6.01. The number of hydrogen-bond acceptors (Lipinski definition) is 14. The van der Waals surface area contributed by atoms with Gasteiger partial charge in [-0.3, -0.25) is 14.4 Å². The van der Waals surface area contributed by atoms with Gasteiger partial charge in [0.1, 0.15) is 48.8 Å². The Morgan fingerprint density at radius 2 is 1.59 bits per heavy atom. The van der Waals surface area contributed by atoms with E-state index in [1.54, 1.807) is 6.92 Å². The molecule has 0 aromatic heterocycles. The summed E-state index contributed by atoms with van der Waals surface area (Å²) >= 11 is 0. The summed E-state index contributed by atoms with van der Waals surface area (Å²) in [6, 6.07) is 0. The van der Waals surface area contributed by atoms with Gasteiger partial charge in [0.15, 0.2) is 30.3 Å². The summed E-state index contributed by atoms with van der Waals surface area (Å²) in [6.07, 6.45) is -8.41. The van der Waals surface area contributed by atoms with Crippen LogP contribution in [0.3, 0.4) is 0 Å². The molecule has 2 heterocycles. The molecule has 0 aromatic carbocycles. The number of ketones is 2. The van der Waals surface area contributed by atoms with Crippen LogP contribution < -0.4 is 0 Å². The van der Waals surface area contributed by atoms with Gasteiger partial charge in [-0.25, -0.2) is 0 Å². The van der Waals surface area contributed by atoms with Crippen molar-refractivity contribution in [3.05, 3.63) is 58.7 Å². The summed E-state index contributed by atoms with van der Waals surface area (Å²) in [5, 5.41) is 70.8. The predicted octanol–water partition coefficient (Wildman–Crippen LogP) is 0.212. The van der Waals surface area contributed by atoms with Gasteiger partial charge >= 0.3 is 5.97 Å². The van der Waals surface area contributed by atoms with E-state index in [-0.39, 0.29) is 12.2 Å². The number of allylic oxidation sites excluding steroid dienone is 9. The first-order valence-corrected chi connectivity index (χ1v) is 16.2. The molecule has 0 radical (unpaired) electrons. The van der Waals surface area contributed by atoms with Crippen molar-refractivity contribution in [1.82, 2.24) is 0 Å². The van der Waals surface area contributed by atoms with E-state index in [4.69, 9.17) is 18.9 Å². The minimum Gasteiger partial charge on any atom is -0.454 e. The zero-order valence-electron chi connectivity index (χ0n) is 28.6. The molecule has 11 atom stereocenters. The smallest absolute Gasteiger partial charge is 0.306 e. The second kappa shape index (κ2) is 17.4. The van der Waals surface area contributed by atoms with Crippen molar-refractivity contribution in [1.29, 1.82) is 0 Å². The number of esters is 1. The molecule has 0 spiro atoms. The van der Waals surface area contributed by atoms with Gasteiger partial charge in [-0.15, -0.1) is 0 Å². The molecule has 7 N–H and O–H groups in total. The van der Waals surface area contributed by atoms with Crippen LogP contribution in [0.25, 0.3) is 0 Å². The predicted molar refractivity (Wildman–Crippen MR) is 173 cm³/mol. The zero-order chi connectivity index (χ0) is 36.8. The Labute approximate surface area is 285 Å². The number of carbonyl (C=O) groups excluding carboxylic acids is 3. The molecule has 0 bridgehead atoms. The van der Waals surface area contributed by atoms with Crippen LogP contribution in [0, 0.1) is 5.41 Å². The van der Waals surface area contributed by atoms with E-state index >= 15 is 0 Å². The minimum absolute atomic E-state index is 0.197. The summed E-state index contributed by atoms with van der Waals surface area (Å²) in [5.41, 5.74) is 2.81. The second-order valence-corrected chi connectivity index (χ2v) is 13.3. The van der Waals surface area contributed by atoms with E-state index in [1.165, 1.54) is 0 Å². The van der Waals surface area contributed by atoms with Gasteiger partial charge in [-0.05, 0) is 44.3 Å². The molecule has 49 heavy (non-hydrogen) atoms. The summed E-state index contributed by atoms with van der Waals surface area (Å²) in [6.45, 7) is 10.7. The van der Waals surface area contributed by atoms with Gasteiger partial charge in [0, 0.05) is 12.8 Å². The number of aliphatic hydroxyl groups excluding tert-OH is 7. The van der Waals surface area contributed by atoms with Crippen LogP contribution in [0.5, 0.6) is 0 Å². The molecule has 2 fully saturated rings. The van der Waals surface area contributed by atoms with E-state index < -0.39 is 104 Å². The van der Waals surface area contributed by atoms with Crippen molar-refractivity contribution in [2.24, 2.45) is 5.41 Å². The molecule has 2 aliphatic heterocycles. The molecule has 0 saturated carbocycles. The van der Waals surface area contributed by atoms with Crippen molar-refractivity contribution in [2.75, 3.05) is 6.61 Å². The Balaban J connectivity index is 1.67. The van der Waals surface area contributed by atoms with E-state index in [1.807, 2.05) is 71.1 Å². The van der Waals surface area contributed by atoms with Gasteiger partial charge in [0.25, 0.3) is 0 Å². The van der Waals surface area contributed by atoms with Crippen LogP contribution in [0.1, 0.15) is 60.8 Å². The Morgan fingerprint density at radius 1 is 0.918 bits per heavy atom.